The maximum absolute atomic E-state index is 12.2. The van der Waals surface area contributed by atoms with Crippen molar-refractivity contribution >= 4 is 27.5 Å². The number of carbonyl (C=O) groups is 2. The number of hydrogen-bond donors (Lipinski definition) is 3. The summed E-state index contributed by atoms with van der Waals surface area (Å²) in [6.07, 6.45) is 0. The first-order chi connectivity index (χ1) is 9.28. The summed E-state index contributed by atoms with van der Waals surface area (Å²) >= 11 is 0. The molecule has 0 saturated heterocycles. The van der Waals surface area contributed by atoms with Crippen molar-refractivity contribution < 1.29 is 18.0 Å². The molecule has 110 valence electrons. The van der Waals surface area contributed by atoms with Crippen LogP contribution in [-0.2, 0) is 14.6 Å². The Balaban J connectivity index is 2.92. The van der Waals surface area contributed by atoms with Gasteiger partial charge in [-0.25, -0.2) is 13.2 Å². The maximum Gasteiger partial charge on any atom is 0.321 e. The Hall–Kier alpha value is -2.09. The van der Waals surface area contributed by atoms with Crippen molar-refractivity contribution in [3.8, 4) is 0 Å². The molecule has 8 heteroatoms. The van der Waals surface area contributed by atoms with Gasteiger partial charge in [0.25, 0.3) is 0 Å². The summed E-state index contributed by atoms with van der Waals surface area (Å²) in [5, 5.41) is 2.92. The van der Waals surface area contributed by atoms with E-state index in [1.807, 2.05) is 5.32 Å². The summed E-state index contributed by atoms with van der Waals surface area (Å²) in [6.45, 7) is 3.22. The molecular weight excluding hydrogens is 282 g/mol. The predicted octanol–water partition coefficient (Wildman–Crippen LogP) is 0.277. The van der Waals surface area contributed by atoms with E-state index in [2.05, 4.69) is 5.32 Å². The van der Waals surface area contributed by atoms with Crippen LogP contribution >= 0.6 is 0 Å². The fourth-order valence-electron chi connectivity index (χ4n) is 1.45. The minimum Gasteiger partial charge on any atom is -0.399 e. The molecule has 0 aliphatic carbocycles. The number of rotatable bonds is 4. The van der Waals surface area contributed by atoms with Crippen LogP contribution in [0.2, 0.25) is 0 Å². The number of urea groups is 1. The van der Waals surface area contributed by atoms with Gasteiger partial charge < -0.3 is 11.1 Å². The highest BCUT2D eigenvalue weighted by Gasteiger charge is 2.30. The molecule has 1 atom stereocenters. The number of nitrogens with two attached hydrogens (primary N) is 1. The monoisotopic (exact) mass is 299 g/mol. The molecule has 1 unspecified atom stereocenters. The first-order valence-corrected chi connectivity index (χ1v) is 7.51. The second-order valence-corrected chi connectivity index (χ2v) is 6.38. The Bertz CT molecular complexity index is 613. The predicted molar refractivity (Wildman–Crippen MR) is 74.7 cm³/mol. The third-order valence-corrected chi connectivity index (χ3v) is 4.65. The van der Waals surface area contributed by atoms with Crippen molar-refractivity contribution in [1.82, 2.24) is 10.6 Å². The lowest BCUT2D eigenvalue weighted by atomic mass is 10.3. The van der Waals surface area contributed by atoms with E-state index in [0.29, 0.717) is 6.54 Å². The summed E-state index contributed by atoms with van der Waals surface area (Å²) in [5.74, 6) is -0.890. The van der Waals surface area contributed by atoms with Crippen LogP contribution in [0.25, 0.3) is 0 Å². The third kappa shape index (κ3) is 3.70. The smallest absolute Gasteiger partial charge is 0.321 e. The molecule has 4 N–H and O–H groups in total. The molecule has 0 saturated carbocycles. The van der Waals surface area contributed by atoms with Gasteiger partial charge in [-0.05, 0) is 32.0 Å². The van der Waals surface area contributed by atoms with E-state index < -0.39 is 27.0 Å². The van der Waals surface area contributed by atoms with Crippen LogP contribution in [0.5, 0.6) is 0 Å². The number of nitrogens with one attached hydrogen (secondary N) is 2. The van der Waals surface area contributed by atoms with Gasteiger partial charge in [0.05, 0.1) is 4.90 Å². The molecule has 0 bridgehead atoms. The normalized spacial score (nSPS) is 12.5. The Morgan fingerprint density at radius 3 is 2.55 bits per heavy atom. The number of carbonyl (C=O) groups excluding carboxylic acids is 2. The maximum atomic E-state index is 12.2. The van der Waals surface area contributed by atoms with E-state index >= 15 is 0 Å². The molecule has 1 aromatic carbocycles. The minimum absolute atomic E-state index is 0.0592. The molecule has 1 aromatic rings. The number of benzene rings is 1. The highest BCUT2D eigenvalue weighted by molar-refractivity contribution is 7.92. The highest BCUT2D eigenvalue weighted by Crippen LogP contribution is 2.18. The molecule has 0 heterocycles. The van der Waals surface area contributed by atoms with E-state index in [4.69, 9.17) is 5.73 Å². The lowest BCUT2D eigenvalue weighted by Gasteiger charge is -2.13. The molecular formula is C12H17N3O4S. The van der Waals surface area contributed by atoms with Gasteiger partial charge in [-0.3, -0.25) is 10.1 Å². The third-order valence-electron chi connectivity index (χ3n) is 2.60. The number of anilines is 1. The van der Waals surface area contributed by atoms with Crippen molar-refractivity contribution in [2.75, 3.05) is 12.3 Å². The van der Waals surface area contributed by atoms with Gasteiger partial charge >= 0.3 is 6.03 Å². The average molecular weight is 299 g/mol. The van der Waals surface area contributed by atoms with Gasteiger partial charge in [-0.2, -0.15) is 0 Å². The zero-order valence-corrected chi connectivity index (χ0v) is 12.0. The highest BCUT2D eigenvalue weighted by atomic mass is 32.2. The van der Waals surface area contributed by atoms with E-state index in [1.165, 1.54) is 25.1 Å². The van der Waals surface area contributed by atoms with Crippen LogP contribution in [-0.4, -0.2) is 32.2 Å². The number of imide groups is 1. The van der Waals surface area contributed by atoms with Crippen LogP contribution < -0.4 is 16.4 Å². The molecule has 0 fully saturated rings. The summed E-state index contributed by atoms with van der Waals surface area (Å²) in [5.41, 5.74) is 5.80. The lowest BCUT2D eigenvalue weighted by Crippen LogP contribution is -2.45. The molecule has 0 aromatic heterocycles. The second-order valence-electron chi connectivity index (χ2n) is 4.11. The minimum atomic E-state index is -3.89. The fraction of sp³-hybridized carbons (Fsp3) is 0.333. The average Bonchev–Trinajstić information content (AvgIpc) is 2.37. The Kier molecular flexibility index (Phi) is 5.09. The largest absolute Gasteiger partial charge is 0.399 e. The molecule has 0 spiro atoms. The van der Waals surface area contributed by atoms with Crippen LogP contribution in [0.1, 0.15) is 13.8 Å². The van der Waals surface area contributed by atoms with Crippen LogP contribution in [0.3, 0.4) is 0 Å². The molecule has 20 heavy (non-hydrogen) atoms. The zero-order valence-electron chi connectivity index (χ0n) is 11.2. The van der Waals surface area contributed by atoms with E-state index in [9.17, 15) is 18.0 Å². The summed E-state index contributed by atoms with van der Waals surface area (Å²) in [7, 11) is -3.89. The fourth-order valence-corrected chi connectivity index (χ4v) is 2.77. The topological polar surface area (TPSA) is 118 Å². The number of hydrogen-bond acceptors (Lipinski definition) is 5. The van der Waals surface area contributed by atoms with E-state index in [0.717, 1.165) is 0 Å². The van der Waals surface area contributed by atoms with Gasteiger partial charge in [-0.1, -0.05) is 6.07 Å². The van der Waals surface area contributed by atoms with Crippen LogP contribution in [0.4, 0.5) is 10.5 Å². The van der Waals surface area contributed by atoms with Gasteiger partial charge in [0.2, 0.25) is 5.91 Å². The van der Waals surface area contributed by atoms with E-state index in [-0.39, 0.29) is 10.6 Å². The SMILES string of the molecule is CCNC(=O)NC(=O)C(C)S(=O)(=O)c1cccc(N)c1. The summed E-state index contributed by atoms with van der Waals surface area (Å²) < 4.78 is 24.4. The van der Waals surface area contributed by atoms with Crippen molar-refractivity contribution in [3.63, 3.8) is 0 Å². The van der Waals surface area contributed by atoms with Crippen molar-refractivity contribution in [2.24, 2.45) is 0 Å². The van der Waals surface area contributed by atoms with Crippen molar-refractivity contribution in [3.05, 3.63) is 24.3 Å². The standard InChI is InChI=1S/C12H17N3O4S/c1-3-14-12(17)15-11(16)8(2)20(18,19)10-6-4-5-9(13)7-10/h4-8H,3,13H2,1-2H3,(H2,14,15,16,17). The molecule has 3 amide bonds. The second kappa shape index (κ2) is 6.38. The molecule has 0 aliphatic rings. The Morgan fingerprint density at radius 1 is 1.35 bits per heavy atom. The van der Waals surface area contributed by atoms with Gasteiger partial charge in [0, 0.05) is 12.2 Å². The van der Waals surface area contributed by atoms with Gasteiger partial charge in [0.1, 0.15) is 5.25 Å². The molecule has 1 rings (SSSR count). The number of amides is 3. The number of nitrogen functional groups attached to an aromatic ring is 1. The molecule has 0 radical (unpaired) electrons. The van der Waals surface area contributed by atoms with Crippen LogP contribution in [0, 0.1) is 0 Å². The summed E-state index contributed by atoms with van der Waals surface area (Å²) in [4.78, 5) is 22.9. The lowest BCUT2D eigenvalue weighted by molar-refractivity contribution is -0.119. The Labute approximate surface area is 117 Å². The summed E-state index contributed by atoms with van der Waals surface area (Å²) in [6, 6.07) is 4.91. The Morgan fingerprint density at radius 2 is 2.00 bits per heavy atom. The molecule has 0 aliphatic heterocycles. The first-order valence-electron chi connectivity index (χ1n) is 5.97. The number of sulfone groups is 1. The quantitative estimate of drug-likeness (QED) is 0.690. The van der Waals surface area contributed by atoms with Crippen molar-refractivity contribution in [2.45, 2.75) is 24.0 Å². The molecule has 7 nitrogen and oxygen atoms in total. The van der Waals surface area contributed by atoms with E-state index in [1.54, 1.807) is 13.0 Å². The van der Waals surface area contributed by atoms with Crippen molar-refractivity contribution in [1.29, 1.82) is 0 Å². The zero-order chi connectivity index (χ0) is 15.3. The van der Waals surface area contributed by atoms with Gasteiger partial charge in [-0.15, -0.1) is 0 Å². The first kappa shape index (κ1) is 16.0. The van der Waals surface area contributed by atoms with Gasteiger partial charge in [0.15, 0.2) is 9.84 Å². The van der Waals surface area contributed by atoms with Crippen LogP contribution in [0.15, 0.2) is 29.2 Å².